The van der Waals surface area contributed by atoms with Gasteiger partial charge in [-0.2, -0.15) is 0 Å². The molecule has 0 bridgehead atoms. The molecule has 4 aromatic rings. The number of aromatic amines is 1. The summed E-state index contributed by atoms with van der Waals surface area (Å²) in [5.41, 5.74) is 5.23. The van der Waals surface area contributed by atoms with Crippen molar-refractivity contribution in [3.05, 3.63) is 66.5 Å². The number of para-hydroxylation sites is 1. The van der Waals surface area contributed by atoms with Crippen molar-refractivity contribution in [3.63, 3.8) is 0 Å². The third kappa shape index (κ3) is 5.18. The number of pyridine rings is 1. The van der Waals surface area contributed by atoms with E-state index in [1.54, 1.807) is 45.5 Å². The number of carbonyl (C=O) groups is 2. The van der Waals surface area contributed by atoms with Gasteiger partial charge in [-0.25, -0.2) is 9.78 Å². The lowest BCUT2D eigenvalue weighted by molar-refractivity contribution is 0.0828. The molecule has 1 atom stereocenters. The highest BCUT2D eigenvalue weighted by Crippen LogP contribution is 2.36. The zero-order valence-corrected chi connectivity index (χ0v) is 22.7. The van der Waals surface area contributed by atoms with E-state index in [9.17, 15) is 9.59 Å². The zero-order valence-electron chi connectivity index (χ0n) is 22.7. The maximum absolute atomic E-state index is 13.2. The molecule has 2 aromatic carbocycles. The van der Waals surface area contributed by atoms with Crippen molar-refractivity contribution in [2.75, 3.05) is 46.8 Å². The minimum atomic E-state index is -0.230. The van der Waals surface area contributed by atoms with Crippen LogP contribution in [-0.4, -0.2) is 79.2 Å². The van der Waals surface area contributed by atoms with Crippen molar-refractivity contribution in [3.8, 4) is 28.0 Å². The van der Waals surface area contributed by atoms with Gasteiger partial charge in [-0.1, -0.05) is 24.3 Å². The van der Waals surface area contributed by atoms with Gasteiger partial charge in [0.1, 0.15) is 11.4 Å². The van der Waals surface area contributed by atoms with Gasteiger partial charge in [0.15, 0.2) is 0 Å². The number of aromatic nitrogens is 2. The number of nitrogens with one attached hydrogen (secondary N) is 2. The highest BCUT2D eigenvalue weighted by atomic mass is 16.5. The Morgan fingerprint density at radius 1 is 1.10 bits per heavy atom. The van der Waals surface area contributed by atoms with E-state index < -0.39 is 0 Å². The molecule has 9 heteroatoms. The van der Waals surface area contributed by atoms with Gasteiger partial charge in [-0.05, 0) is 42.7 Å². The Balaban J connectivity index is 1.51. The van der Waals surface area contributed by atoms with Crippen LogP contribution in [-0.2, 0) is 4.74 Å². The fraction of sp³-hybridized carbons (Fsp3) is 0.300. The average Bonchev–Trinajstić information content (AvgIpc) is 3.60. The molecule has 39 heavy (non-hydrogen) atoms. The first-order valence-electron chi connectivity index (χ1n) is 12.9. The fourth-order valence-electron chi connectivity index (χ4n) is 5.16. The Bertz CT molecular complexity index is 1510. The molecule has 0 radical (unpaired) electrons. The predicted octanol–water partition coefficient (Wildman–Crippen LogP) is 5.25. The Kier molecular flexibility index (Phi) is 7.51. The van der Waals surface area contributed by atoms with E-state index in [-0.39, 0.29) is 18.0 Å². The van der Waals surface area contributed by atoms with Gasteiger partial charge in [0.05, 0.1) is 31.0 Å². The summed E-state index contributed by atoms with van der Waals surface area (Å²) in [5.74, 6) is 0.570. The first-order chi connectivity index (χ1) is 18.9. The number of urea groups is 1. The minimum absolute atomic E-state index is 0.0267. The van der Waals surface area contributed by atoms with Crippen molar-refractivity contribution in [1.29, 1.82) is 0 Å². The average molecular weight is 528 g/mol. The molecular weight excluding hydrogens is 494 g/mol. The molecular formula is C30H33N5O4. The largest absolute Gasteiger partial charge is 0.496 e. The summed E-state index contributed by atoms with van der Waals surface area (Å²) in [5, 5.41) is 3.91. The van der Waals surface area contributed by atoms with E-state index in [4.69, 9.17) is 9.47 Å². The number of H-pyrrole nitrogens is 1. The quantitative estimate of drug-likeness (QED) is 0.342. The van der Waals surface area contributed by atoms with E-state index in [0.717, 1.165) is 51.9 Å². The molecule has 2 aromatic heterocycles. The first kappa shape index (κ1) is 26.2. The van der Waals surface area contributed by atoms with Gasteiger partial charge in [0.2, 0.25) is 0 Å². The topological polar surface area (TPSA) is 99.8 Å². The van der Waals surface area contributed by atoms with Crippen LogP contribution in [0.5, 0.6) is 5.75 Å². The maximum atomic E-state index is 13.2. The molecule has 0 aliphatic carbocycles. The smallest absolute Gasteiger partial charge is 0.322 e. The monoisotopic (exact) mass is 527 g/mol. The number of amides is 3. The van der Waals surface area contributed by atoms with Crippen LogP contribution in [0.15, 0.2) is 60.9 Å². The number of likely N-dealkylation sites (tertiary alicyclic amines) is 1. The van der Waals surface area contributed by atoms with Crippen LogP contribution in [0, 0.1) is 0 Å². The predicted molar refractivity (Wildman–Crippen MR) is 152 cm³/mol. The van der Waals surface area contributed by atoms with E-state index in [1.807, 2.05) is 42.6 Å². The second-order valence-electron chi connectivity index (χ2n) is 9.86. The lowest BCUT2D eigenvalue weighted by atomic mass is 9.99. The molecule has 1 unspecified atom stereocenters. The lowest BCUT2D eigenvalue weighted by Crippen LogP contribution is -2.41. The number of nitrogens with zero attached hydrogens (tertiary/aromatic N) is 3. The lowest BCUT2D eigenvalue weighted by Gasteiger charge is -2.25. The summed E-state index contributed by atoms with van der Waals surface area (Å²) in [7, 11) is 6.69. The van der Waals surface area contributed by atoms with Crippen molar-refractivity contribution in [2.24, 2.45) is 0 Å². The third-order valence-corrected chi connectivity index (χ3v) is 7.16. The summed E-state index contributed by atoms with van der Waals surface area (Å²) < 4.78 is 10.9. The van der Waals surface area contributed by atoms with Gasteiger partial charge < -0.3 is 29.6 Å². The molecule has 202 valence electrons. The number of ether oxygens (including phenoxy) is 2. The summed E-state index contributed by atoms with van der Waals surface area (Å²) in [6.45, 7) is 1.15. The van der Waals surface area contributed by atoms with Crippen molar-refractivity contribution < 1.29 is 19.1 Å². The first-order valence-corrected chi connectivity index (χ1v) is 12.9. The van der Waals surface area contributed by atoms with Crippen LogP contribution < -0.4 is 10.1 Å². The van der Waals surface area contributed by atoms with Crippen LogP contribution in [0.3, 0.4) is 0 Å². The molecule has 0 spiro atoms. The van der Waals surface area contributed by atoms with E-state index in [0.29, 0.717) is 24.4 Å². The molecule has 3 heterocycles. The molecule has 1 aliphatic heterocycles. The SMILES string of the molecule is COCC1CCCN1C(=O)Nc1ccc(-c2cnc3[nH]cc(-c4ccccc4OC)c3c2)cc1C(=O)N(C)C. The number of hydrogen-bond acceptors (Lipinski definition) is 5. The normalized spacial score (nSPS) is 15.0. The Hall–Kier alpha value is -4.37. The molecule has 2 N–H and O–H groups in total. The number of rotatable bonds is 7. The number of fused-ring (bicyclic) bond motifs is 1. The third-order valence-electron chi connectivity index (χ3n) is 7.16. The molecule has 3 amide bonds. The molecule has 5 rings (SSSR count). The van der Waals surface area contributed by atoms with Gasteiger partial charge in [-0.15, -0.1) is 0 Å². The van der Waals surface area contributed by atoms with E-state index >= 15 is 0 Å². The van der Waals surface area contributed by atoms with Crippen LogP contribution >= 0.6 is 0 Å². The van der Waals surface area contributed by atoms with Crippen molar-refractivity contribution in [1.82, 2.24) is 19.8 Å². The van der Waals surface area contributed by atoms with Gasteiger partial charge in [-0.3, -0.25) is 4.79 Å². The zero-order chi connectivity index (χ0) is 27.5. The number of hydrogen-bond donors (Lipinski definition) is 2. The van der Waals surface area contributed by atoms with Gasteiger partial charge >= 0.3 is 6.03 Å². The van der Waals surface area contributed by atoms with E-state index in [2.05, 4.69) is 21.4 Å². The second kappa shape index (κ2) is 11.2. The molecule has 1 fully saturated rings. The summed E-state index contributed by atoms with van der Waals surface area (Å²) in [6, 6.07) is 15.2. The molecule has 1 saturated heterocycles. The van der Waals surface area contributed by atoms with Crippen LogP contribution in [0.4, 0.5) is 10.5 Å². The van der Waals surface area contributed by atoms with Gasteiger partial charge in [0.25, 0.3) is 5.91 Å². The van der Waals surface area contributed by atoms with Crippen molar-refractivity contribution >= 4 is 28.7 Å². The fourth-order valence-corrected chi connectivity index (χ4v) is 5.16. The molecule has 9 nitrogen and oxygen atoms in total. The molecule has 0 saturated carbocycles. The van der Waals surface area contributed by atoms with Crippen molar-refractivity contribution in [2.45, 2.75) is 18.9 Å². The second-order valence-corrected chi connectivity index (χ2v) is 9.86. The minimum Gasteiger partial charge on any atom is -0.496 e. The summed E-state index contributed by atoms with van der Waals surface area (Å²) in [6.07, 6.45) is 5.53. The van der Waals surface area contributed by atoms with Gasteiger partial charge in [0, 0.05) is 62.2 Å². The van der Waals surface area contributed by atoms with Crippen LogP contribution in [0.25, 0.3) is 33.3 Å². The summed E-state index contributed by atoms with van der Waals surface area (Å²) in [4.78, 5) is 37.5. The highest BCUT2D eigenvalue weighted by Gasteiger charge is 2.29. The number of carbonyl (C=O) groups excluding carboxylic acids is 2. The molecule has 1 aliphatic rings. The van der Waals surface area contributed by atoms with Crippen LogP contribution in [0.2, 0.25) is 0 Å². The number of anilines is 1. The maximum Gasteiger partial charge on any atom is 0.322 e. The Morgan fingerprint density at radius 3 is 2.69 bits per heavy atom. The number of methoxy groups -OCH3 is 2. The summed E-state index contributed by atoms with van der Waals surface area (Å²) >= 11 is 0. The van der Waals surface area contributed by atoms with E-state index in [1.165, 1.54) is 4.90 Å². The van der Waals surface area contributed by atoms with Crippen LogP contribution in [0.1, 0.15) is 23.2 Å². The Morgan fingerprint density at radius 2 is 1.92 bits per heavy atom. The standard InChI is InChI=1S/C30H33N5O4/c1-34(2)29(36)24-14-19(11-12-26(24)33-30(37)35-13-7-8-21(35)18-38-3)20-15-23-25(17-32-28(23)31-16-20)22-9-5-6-10-27(22)39-4/h5-6,9-12,14-17,21H,7-8,13,18H2,1-4H3,(H,31,32)(H,33,37). The Labute approximate surface area is 227 Å². The highest BCUT2D eigenvalue weighted by molar-refractivity contribution is 6.05. The number of benzene rings is 2.